The van der Waals surface area contributed by atoms with Gasteiger partial charge in [0.1, 0.15) is 31.0 Å². The van der Waals surface area contributed by atoms with Crippen molar-refractivity contribution in [1.82, 2.24) is 0 Å². The number of benzene rings is 2. The molecule has 0 radical (unpaired) electrons. The first-order valence-electron chi connectivity index (χ1n) is 10.2. The average molecular weight is 412 g/mol. The number of hydrogen-bond acceptors (Lipinski definition) is 5. The summed E-state index contributed by atoms with van der Waals surface area (Å²) in [6, 6.07) is 11.9. The fourth-order valence-corrected chi connectivity index (χ4v) is 2.96. The van der Waals surface area contributed by atoms with Gasteiger partial charge in [0, 0.05) is 5.92 Å². The lowest BCUT2D eigenvalue weighted by molar-refractivity contribution is 0.187. The van der Waals surface area contributed by atoms with Crippen molar-refractivity contribution in [2.75, 3.05) is 26.9 Å². The van der Waals surface area contributed by atoms with Gasteiger partial charge < -0.3 is 19.0 Å². The average Bonchev–Trinajstić information content (AvgIpc) is 2.72. The van der Waals surface area contributed by atoms with Crippen molar-refractivity contribution >= 4 is 5.71 Å². The molecule has 2 rings (SSSR count). The summed E-state index contributed by atoms with van der Waals surface area (Å²) in [4.78, 5) is 4.81. The third kappa shape index (κ3) is 7.14. The van der Waals surface area contributed by atoms with Gasteiger partial charge in [0.2, 0.25) is 0 Å². The summed E-state index contributed by atoms with van der Waals surface area (Å²) >= 11 is 0. The van der Waals surface area contributed by atoms with Crippen molar-refractivity contribution in [3.63, 3.8) is 0 Å². The second kappa shape index (κ2) is 11.9. The molecule has 0 aliphatic carbocycles. The van der Waals surface area contributed by atoms with Crippen LogP contribution in [0.15, 0.2) is 53.7 Å². The van der Waals surface area contributed by atoms with E-state index in [1.165, 1.54) is 0 Å². The fraction of sp³-hybridized carbons (Fsp3) is 0.400. The summed E-state index contributed by atoms with van der Waals surface area (Å²) in [6.45, 7) is 11.8. The summed E-state index contributed by atoms with van der Waals surface area (Å²) in [7, 11) is 1.54. The van der Waals surface area contributed by atoms with Crippen LogP contribution in [0.1, 0.15) is 37.5 Å². The van der Waals surface area contributed by atoms with Crippen LogP contribution in [0.5, 0.6) is 17.2 Å². The molecule has 162 valence electrons. The first-order valence-corrected chi connectivity index (χ1v) is 10.2. The molecule has 1 atom stereocenters. The predicted octanol–water partition coefficient (Wildman–Crippen LogP) is 5.72. The van der Waals surface area contributed by atoms with Crippen LogP contribution < -0.4 is 14.2 Å². The van der Waals surface area contributed by atoms with E-state index in [2.05, 4.69) is 12.1 Å². The molecule has 1 unspecified atom stereocenters. The topological polar surface area (TPSA) is 49.3 Å². The Balaban J connectivity index is 1.85. The zero-order valence-electron chi connectivity index (χ0n) is 18.9. The Kier molecular flexibility index (Phi) is 9.26. The standard InChI is InChI=1S/C25H33NO4/c1-7-8-13-28-24-14-19(3)25(20(4)15-24)30-17-18(2)16-29-23-11-9-22(10-12-23)21(5)26-27-6/h7-12,14-15,18H,13,16-17H2,1-6H3/b8-7+,26-21?. The molecule has 2 aromatic carbocycles. The molecule has 0 heterocycles. The van der Waals surface area contributed by atoms with Crippen LogP contribution in [0.2, 0.25) is 0 Å². The van der Waals surface area contributed by atoms with E-state index < -0.39 is 0 Å². The van der Waals surface area contributed by atoms with Gasteiger partial charge >= 0.3 is 0 Å². The number of oxime groups is 1. The van der Waals surface area contributed by atoms with Gasteiger partial charge in [-0.15, -0.1) is 0 Å². The van der Waals surface area contributed by atoms with Crippen LogP contribution in [-0.4, -0.2) is 32.6 Å². The van der Waals surface area contributed by atoms with Crippen molar-refractivity contribution in [3.05, 3.63) is 65.2 Å². The molecule has 30 heavy (non-hydrogen) atoms. The van der Waals surface area contributed by atoms with Gasteiger partial charge in [0.25, 0.3) is 0 Å². The van der Waals surface area contributed by atoms with Crippen LogP contribution in [0.4, 0.5) is 0 Å². The lowest BCUT2D eigenvalue weighted by Crippen LogP contribution is -2.17. The fourth-order valence-electron chi connectivity index (χ4n) is 2.96. The Labute approximate surface area is 180 Å². The maximum absolute atomic E-state index is 6.10. The van der Waals surface area contributed by atoms with Gasteiger partial charge in [-0.3, -0.25) is 0 Å². The van der Waals surface area contributed by atoms with Crippen molar-refractivity contribution in [1.29, 1.82) is 0 Å². The molecular weight excluding hydrogens is 378 g/mol. The van der Waals surface area contributed by atoms with Crippen LogP contribution in [0.3, 0.4) is 0 Å². The number of ether oxygens (including phenoxy) is 3. The molecular formula is C25H33NO4. The first-order chi connectivity index (χ1) is 14.4. The zero-order chi connectivity index (χ0) is 21.9. The highest BCUT2D eigenvalue weighted by Crippen LogP contribution is 2.29. The molecule has 0 fully saturated rings. The Morgan fingerprint density at radius 2 is 1.60 bits per heavy atom. The van der Waals surface area contributed by atoms with Crippen molar-refractivity contribution in [2.24, 2.45) is 11.1 Å². The van der Waals surface area contributed by atoms with Gasteiger partial charge in [-0.25, -0.2) is 0 Å². The summed E-state index contributed by atoms with van der Waals surface area (Å²) in [5.41, 5.74) is 3.98. The van der Waals surface area contributed by atoms with Crippen LogP contribution in [0.25, 0.3) is 0 Å². The smallest absolute Gasteiger partial charge is 0.125 e. The van der Waals surface area contributed by atoms with E-state index in [1.807, 2.05) is 76.2 Å². The van der Waals surface area contributed by atoms with Gasteiger partial charge in [0.15, 0.2) is 0 Å². The van der Waals surface area contributed by atoms with Crippen molar-refractivity contribution < 1.29 is 19.0 Å². The second-order valence-corrected chi connectivity index (χ2v) is 7.38. The van der Waals surface area contributed by atoms with Gasteiger partial charge in [0.05, 0.1) is 18.9 Å². The van der Waals surface area contributed by atoms with Crippen LogP contribution in [0, 0.1) is 19.8 Å². The molecule has 5 heteroatoms. The number of allylic oxidation sites excluding steroid dienone is 1. The monoisotopic (exact) mass is 411 g/mol. The van der Waals surface area contributed by atoms with Crippen LogP contribution >= 0.6 is 0 Å². The predicted molar refractivity (Wildman–Crippen MR) is 122 cm³/mol. The van der Waals surface area contributed by atoms with Gasteiger partial charge in [-0.2, -0.15) is 0 Å². The molecule has 0 saturated carbocycles. The minimum absolute atomic E-state index is 0.242. The summed E-state index contributed by atoms with van der Waals surface area (Å²) in [6.07, 6.45) is 3.96. The highest BCUT2D eigenvalue weighted by Gasteiger charge is 2.11. The summed E-state index contributed by atoms with van der Waals surface area (Å²) < 4.78 is 17.7. The molecule has 0 spiro atoms. The van der Waals surface area contributed by atoms with E-state index in [1.54, 1.807) is 7.11 Å². The lowest BCUT2D eigenvalue weighted by Gasteiger charge is -2.18. The minimum atomic E-state index is 0.242. The van der Waals surface area contributed by atoms with Crippen LogP contribution in [-0.2, 0) is 4.84 Å². The highest BCUT2D eigenvalue weighted by molar-refractivity contribution is 5.98. The number of hydrogen-bond donors (Lipinski definition) is 0. The Morgan fingerprint density at radius 1 is 0.967 bits per heavy atom. The number of aryl methyl sites for hydroxylation is 2. The molecule has 0 saturated heterocycles. The quantitative estimate of drug-likeness (QED) is 0.269. The molecule has 2 aromatic rings. The number of rotatable bonds is 11. The highest BCUT2D eigenvalue weighted by atomic mass is 16.6. The molecule has 5 nitrogen and oxygen atoms in total. The first kappa shape index (κ1) is 23.3. The summed E-state index contributed by atoms with van der Waals surface area (Å²) in [5.74, 6) is 2.84. The molecule has 0 amide bonds. The van der Waals surface area contributed by atoms with E-state index >= 15 is 0 Å². The Hall–Kier alpha value is -2.95. The summed E-state index contributed by atoms with van der Waals surface area (Å²) in [5, 5.41) is 3.94. The molecule has 0 bridgehead atoms. The lowest BCUT2D eigenvalue weighted by atomic mass is 10.1. The van der Waals surface area contributed by atoms with E-state index in [4.69, 9.17) is 19.0 Å². The maximum atomic E-state index is 6.10. The van der Waals surface area contributed by atoms with E-state index in [0.29, 0.717) is 19.8 Å². The second-order valence-electron chi connectivity index (χ2n) is 7.38. The largest absolute Gasteiger partial charge is 0.493 e. The third-order valence-corrected chi connectivity index (χ3v) is 4.56. The zero-order valence-corrected chi connectivity index (χ0v) is 18.9. The van der Waals surface area contributed by atoms with Gasteiger partial charge in [-0.1, -0.05) is 24.2 Å². The normalized spacial score (nSPS) is 12.7. The van der Waals surface area contributed by atoms with Gasteiger partial charge in [-0.05, 0) is 80.8 Å². The SMILES string of the molecule is C/C=C/COc1cc(C)c(OCC(C)COc2ccc(C(C)=NOC)cc2)c(C)c1. The van der Waals surface area contributed by atoms with E-state index in [9.17, 15) is 0 Å². The molecule has 0 aromatic heterocycles. The molecule has 0 aliphatic heterocycles. The third-order valence-electron chi connectivity index (χ3n) is 4.56. The molecule has 0 N–H and O–H groups in total. The van der Waals surface area contributed by atoms with E-state index in [0.717, 1.165) is 39.7 Å². The number of nitrogens with zero attached hydrogens (tertiary/aromatic N) is 1. The van der Waals surface area contributed by atoms with E-state index in [-0.39, 0.29) is 5.92 Å². The Morgan fingerprint density at radius 3 is 2.20 bits per heavy atom. The minimum Gasteiger partial charge on any atom is -0.493 e. The Bertz CT molecular complexity index is 833. The molecule has 0 aliphatic rings. The van der Waals surface area contributed by atoms with Crippen molar-refractivity contribution in [3.8, 4) is 17.2 Å². The van der Waals surface area contributed by atoms with Crippen molar-refractivity contribution in [2.45, 2.75) is 34.6 Å². The maximum Gasteiger partial charge on any atom is 0.125 e.